The number of hydrogen-bond acceptors (Lipinski definition) is 5. The van der Waals surface area contributed by atoms with Gasteiger partial charge in [0.1, 0.15) is 10.7 Å². The molecule has 2 atom stereocenters. The molecular formula is C19H18FNO5S. The average Bonchev–Trinajstić information content (AvgIpc) is 2.60. The van der Waals surface area contributed by atoms with E-state index < -0.39 is 44.6 Å². The minimum Gasteiger partial charge on any atom is -0.448 e. The number of rotatable bonds is 4. The molecule has 0 fully saturated rings. The average molecular weight is 391 g/mol. The zero-order valence-electron chi connectivity index (χ0n) is 14.7. The van der Waals surface area contributed by atoms with Crippen LogP contribution in [-0.2, 0) is 25.8 Å². The third-order valence-corrected chi connectivity index (χ3v) is 5.53. The van der Waals surface area contributed by atoms with Gasteiger partial charge in [0.05, 0.1) is 11.6 Å². The highest BCUT2D eigenvalue weighted by molar-refractivity contribution is 7.90. The number of cyclic esters (lactones) is 1. The summed E-state index contributed by atoms with van der Waals surface area (Å²) >= 11 is 0. The molecule has 3 rings (SSSR count). The smallest absolute Gasteiger partial charge is 0.339 e. The van der Waals surface area contributed by atoms with Crippen LogP contribution in [0.3, 0.4) is 0 Å². The van der Waals surface area contributed by atoms with Crippen molar-refractivity contribution in [2.75, 3.05) is 6.26 Å². The fraction of sp³-hybridized carbons (Fsp3) is 0.263. The van der Waals surface area contributed by atoms with Crippen LogP contribution < -0.4 is 5.32 Å². The second-order valence-corrected chi connectivity index (χ2v) is 8.43. The van der Waals surface area contributed by atoms with Crippen molar-refractivity contribution in [2.45, 2.75) is 30.4 Å². The summed E-state index contributed by atoms with van der Waals surface area (Å²) < 4.78 is 42.2. The maximum absolute atomic E-state index is 14.1. The van der Waals surface area contributed by atoms with Crippen LogP contribution in [-0.4, -0.2) is 32.7 Å². The molecule has 1 N–H and O–H groups in total. The lowest BCUT2D eigenvalue weighted by atomic mass is 9.98. The van der Waals surface area contributed by atoms with Gasteiger partial charge in [-0.05, 0) is 36.2 Å². The second-order valence-electron chi connectivity index (χ2n) is 6.45. The summed E-state index contributed by atoms with van der Waals surface area (Å²) in [4.78, 5) is 24.1. The van der Waals surface area contributed by atoms with Gasteiger partial charge in [0, 0.05) is 12.7 Å². The van der Waals surface area contributed by atoms with Gasteiger partial charge in [0.2, 0.25) is 0 Å². The lowest BCUT2D eigenvalue weighted by molar-refractivity contribution is -0.131. The first-order valence-corrected chi connectivity index (χ1v) is 10.1. The molecule has 8 heteroatoms. The number of carbonyl (C=O) groups excluding carboxylic acids is 2. The lowest BCUT2D eigenvalue weighted by Gasteiger charge is -2.25. The molecule has 0 unspecified atom stereocenters. The number of ether oxygens (including phenoxy) is 1. The first kappa shape index (κ1) is 19.0. The highest BCUT2D eigenvalue weighted by Gasteiger charge is 2.31. The van der Waals surface area contributed by atoms with Crippen molar-refractivity contribution < 1.29 is 27.1 Å². The first-order chi connectivity index (χ1) is 12.7. The lowest BCUT2D eigenvalue weighted by Crippen LogP contribution is -2.42. The second kappa shape index (κ2) is 7.11. The summed E-state index contributed by atoms with van der Waals surface area (Å²) in [5, 5.41) is 2.67. The minimum atomic E-state index is -3.67. The van der Waals surface area contributed by atoms with E-state index in [9.17, 15) is 22.4 Å². The molecule has 0 aliphatic carbocycles. The monoisotopic (exact) mass is 391 g/mol. The van der Waals surface area contributed by atoms with Crippen LogP contribution in [0.4, 0.5) is 4.39 Å². The zero-order valence-corrected chi connectivity index (χ0v) is 15.5. The van der Waals surface area contributed by atoms with Crippen LogP contribution in [0.25, 0.3) is 0 Å². The normalized spacial score (nSPS) is 17.6. The molecule has 142 valence electrons. The predicted octanol–water partition coefficient (Wildman–Crippen LogP) is 2.19. The van der Waals surface area contributed by atoms with Crippen LogP contribution in [0.2, 0.25) is 0 Å². The predicted molar refractivity (Wildman–Crippen MR) is 95.4 cm³/mol. The number of esters is 1. The number of nitrogens with one attached hydrogen (secondary N) is 1. The fourth-order valence-corrected chi connectivity index (χ4v) is 3.68. The van der Waals surface area contributed by atoms with Crippen molar-refractivity contribution in [3.8, 4) is 0 Å². The molecule has 0 radical (unpaired) electrons. The maximum Gasteiger partial charge on any atom is 0.339 e. The summed E-state index contributed by atoms with van der Waals surface area (Å²) in [7, 11) is -3.67. The largest absolute Gasteiger partial charge is 0.448 e. The van der Waals surface area contributed by atoms with Crippen LogP contribution >= 0.6 is 0 Å². The highest BCUT2D eigenvalue weighted by atomic mass is 32.2. The van der Waals surface area contributed by atoms with E-state index >= 15 is 0 Å². The Kier molecular flexibility index (Phi) is 5.01. The number of benzene rings is 2. The number of sulfone groups is 1. The van der Waals surface area contributed by atoms with Gasteiger partial charge in [-0.15, -0.1) is 0 Å². The summed E-state index contributed by atoms with van der Waals surface area (Å²) in [6.07, 6.45) is 0.197. The van der Waals surface area contributed by atoms with Gasteiger partial charge < -0.3 is 10.1 Å². The SMILES string of the molecule is C[C@@H](NC(=O)[C@@H]1Cc2ccccc2C(=O)O1)c1ccc(S(C)(=O)=O)c(F)c1. The molecule has 0 aromatic heterocycles. The van der Waals surface area contributed by atoms with Crippen molar-refractivity contribution in [3.05, 3.63) is 65.0 Å². The molecule has 0 saturated heterocycles. The quantitative estimate of drug-likeness (QED) is 0.807. The molecule has 0 bridgehead atoms. The third-order valence-electron chi connectivity index (χ3n) is 4.40. The van der Waals surface area contributed by atoms with Crippen molar-refractivity contribution in [3.63, 3.8) is 0 Å². The molecule has 1 amide bonds. The maximum atomic E-state index is 14.1. The van der Waals surface area contributed by atoms with E-state index in [2.05, 4.69) is 5.32 Å². The molecule has 2 aromatic rings. The van der Waals surface area contributed by atoms with Gasteiger partial charge in [-0.25, -0.2) is 17.6 Å². The molecule has 6 nitrogen and oxygen atoms in total. The van der Waals surface area contributed by atoms with Crippen molar-refractivity contribution >= 4 is 21.7 Å². The molecule has 1 heterocycles. The van der Waals surface area contributed by atoms with Gasteiger partial charge in [-0.3, -0.25) is 4.79 Å². The summed E-state index contributed by atoms with van der Waals surface area (Å²) in [6.45, 7) is 1.63. The van der Waals surface area contributed by atoms with Crippen molar-refractivity contribution in [1.82, 2.24) is 5.32 Å². The van der Waals surface area contributed by atoms with Crippen LogP contribution in [0.15, 0.2) is 47.4 Å². The van der Waals surface area contributed by atoms with E-state index in [1.54, 1.807) is 31.2 Å². The minimum absolute atomic E-state index is 0.252. The van der Waals surface area contributed by atoms with Crippen molar-refractivity contribution in [2.24, 2.45) is 0 Å². The van der Waals surface area contributed by atoms with Gasteiger partial charge >= 0.3 is 5.97 Å². The van der Waals surface area contributed by atoms with E-state index in [0.717, 1.165) is 17.9 Å². The summed E-state index contributed by atoms with van der Waals surface area (Å²) in [5.74, 6) is -1.94. The van der Waals surface area contributed by atoms with Crippen LogP contribution in [0, 0.1) is 5.82 Å². The van der Waals surface area contributed by atoms with Gasteiger partial charge in [-0.2, -0.15) is 0 Å². The number of carbonyl (C=O) groups is 2. The molecular weight excluding hydrogens is 373 g/mol. The van der Waals surface area contributed by atoms with E-state index in [-0.39, 0.29) is 6.42 Å². The topological polar surface area (TPSA) is 89.5 Å². The molecule has 27 heavy (non-hydrogen) atoms. The Bertz CT molecular complexity index is 1020. The Hall–Kier alpha value is -2.74. The summed E-state index contributed by atoms with van der Waals surface area (Å²) in [5.41, 5.74) is 1.56. The van der Waals surface area contributed by atoms with Crippen LogP contribution in [0.5, 0.6) is 0 Å². The fourth-order valence-electron chi connectivity index (χ4n) is 2.95. The van der Waals surface area contributed by atoms with Crippen LogP contribution in [0.1, 0.15) is 34.5 Å². The van der Waals surface area contributed by atoms with Crippen molar-refractivity contribution in [1.29, 1.82) is 0 Å². The molecule has 0 saturated carbocycles. The standard InChI is InChI=1S/C19H18FNO5S/c1-11(12-7-8-17(15(20)9-12)27(2,24)25)21-18(22)16-10-13-5-3-4-6-14(13)19(23)26-16/h3-9,11,16H,10H2,1-2H3,(H,21,22)/t11-,16+/m1/s1. The Labute approximate surface area is 156 Å². The third kappa shape index (κ3) is 4.00. The van der Waals surface area contributed by atoms with E-state index in [0.29, 0.717) is 11.1 Å². The Balaban J connectivity index is 1.73. The Morgan fingerprint density at radius 3 is 2.63 bits per heavy atom. The van der Waals surface area contributed by atoms with Gasteiger partial charge in [0.15, 0.2) is 15.9 Å². The summed E-state index contributed by atoms with van der Waals surface area (Å²) in [6, 6.07) is 9.98. The zero-order chi connectivity index (χ0) is 19.8. The molecule has 1 aliphatic rings. The molecule has 2 aromatic carbocycles. The number of hydrogen-bond donors (Lipinski definition) is 1. The first-order valence-electron chi connectivity index (χ1n) is 8.25. The number of amides is 1. The number of fused-ring (bicyclic) bond motifs is 1. The molecule has 1 aliphatic heterocycles. The van der Waals surface area contributed by atoms with E-state index in [1.165, 1.54) is 12.1 Å². The van der Waals surface area contributed by atoms with E-state index in [4.69, 9.17) is 4.74 Å². The van der Waals surface area contributed by atoms with Gasteiger partial charge in [-0.1, -0.05) is 24.3 Å². The van der Waals surface area contributed by atoms with Gasteiger partial charge in [0.25, 0.3) is 5.91 Å². The highest BCUT2D eigenvalue weighted by Crippen LogP contribution is 2.23. The molecule has 0 spiro atoms. The Morgan fingerprint density at radius 1 is 1.26 bits per heavy atom. The Morgan fingerprint density at radius 2 is 1.96 bits per heavy atom. The number of halogens is 1. The van der Waals surface area contributed by atoms with E-state index in [1.807, 2.05) is 0 Å².